The monoisotopic (exact) mass is 191 g/mol. The van der Waals surface area contributed by atoms with E-state index in [1.165, 1.54) is 5.56 Å². The molecule has 0 spiro atoms. The molecule has 14 heavy (non-hydrogen) atoms. The quantitative estimate of drug-likeness (QED) is 0.780. The van der Waals surface area contributed by atoms with Crippen molar-refractivity contribution < 1.29 is 4.79 Å². The van der Waals surface area contributed by atoms with E-state index in [9.17, 15) is 4.79 Å². The highest BCUT2D eigenvalue weighted by Gasteiger charge is 2.24. The number of carbonyl (C=O) groups excluding carboxylic acids is 1. The van der Waals surface area contributed by atoms with Crippen molar-refractivity contribution in [3.63, 3.8) is 0 Å². The summed E-state index contributed by atoms with van der Waals surface area (Å²) in [6, 6.07) is 8.18. The van der Waals surface area contributed by atoms with Crippen LogP contribution in [0.4, 0.5) is 0 Å². The summed E-state index contributed by atoms with van der Waals surface area (Å²) in [7, 11) is 0. The fraction of sp³-hybridized carbons (Fsp3) is 0.417. The van der Waals surface area contributed by atoms with Crippen molar-refractivity contribution in [2.45, 2.75) is 27.2 Å². The Labute approximate surface area is 85.1 Å². The average molecular weight is 191 g/mol. The largest absolute Gasteiger partial charge is 0.369 e. The highest BCUT2D eigenvalue weighted by atomic mass is 16.1. The number of carbonyl (C=O) groups is 1. The van der Waals surface area contributed by atoms with Crippen LogP contribution < -0.4 is 5.73 Å². The lowest BCUT2D eigenvalue weighted by Crippen LogP contribution is -2.33. The first-order valence-corrected chi connectivity index (χ1v) is 4.77. The van der Waals surface area contributed by atoms with Crippen molar-refractivity contribution in [2.75, 3.05) is 0 Å². The van der Waals surface area contributed by atoms with Crippen LogP contribution in [0, 0.1) is 12.3 Å². The second kappa shape index (κ2) is 3.82. The second-order valence-corrected chi connectivity index (χ2v) is 4.41. The molecule has 0 bridgehead atoms. The van der Waals surface area contributed by atoms with Gasteiger partial charge in [0.05, 0.1) is 0 Å². The fourth-order valence-corrected chi connectivity index (χ4v) is 1.30. The Morgan fingerprint density at radius 3 is 2.21 bits per heavy atom. The van der Waals surface area contributed by atoms with Crippen LogP contribution in [0.15, 0.2) is 24.3 Å². The van der Waals surface area contributed by atoms with E-state index in [0.29, 0.717) is 6.42 Å². The van der Waals surface area contributed by atoms with Gasteiger partial charge in [-0.05, 0) is 18.9 Å². The lowest BCUT2D eigenvalue weighted by Gasteiger charge is -2.20. The van der Waals surface area contributed by atoms with Crippen LogP contribution in [0.5, 0.6) is 0 Å². The van der Waals surface area contributed by atoms with Crippen LogP contribution in [0.2, 0.25) is 0 Å². The van der Waals surface area contributed by atoms with Gasteiger partial charge < -0.3 is 5.73 Å². The van der Waals surface area contributed by atoms with Crippen LogP contribution in [0.1, 0.15) is 25.0 Å². The van der Waals surface area contributed by atoms with Crippen LogP contribution >= 0.6 is 0 Å². The fourth-order valence-electron chi connectivity index (χ4n) is 1.30. The zero-order chi connectivity index (χ0) is 10.8. The van der Waals surface area contributed by atoms with E-state index in [1.807, 2.05) is 45.0 Å². The molecule has 1 rings (SSSR count). The number of hydrogen-bond acceptors (Lipinski definition) is 1. The van der Waals surface area contributed by atoms with E-state index >= 15 is 0 Å². The molecule has 0 saturated heterocycles. The highest BCUT2D eigenvalue weighted by molar-refractivity contribution is 5.80. The number of rotatable bonds is 3. The van der Waals surface area contributed by atoms with E-state index < -0.39 is 5.41 Å². The molecule has 0 aromatic heterocycles. The minimum Gasteiger partial charge on any atom is -0.369 e. The lowest BCUT2D eigenvalue weighted by molar-refractivity contribution is -0.125. The van der Waals surface area contributed by atoms with E-state index in [4.69, 9.17) is 5.73 Å². The molecule has 2 heteroatoms. The van der Waals surface area contributed by atoms with Crippen LogP contribution in [0.3, 0.4) is 0 Å². The Balaban J connectivity index is 2.79. The molecule has 76 valence electrons. The molecule has 0 unspecified atom stereocenters. The van der Waals surface area contributed by atoms with Gasteiger partial charge in [0.15, 0.2) is 0 Å². The lowest BCUT2D eigenvalue weighted by atomic mass is 9.85. The molecule has 1 amide bonds. The van der Waals surface area contributed by atoms with Gasteiger partial charge in [0.1, 0.15) is 0 Å². The van der Waals surface area contributed by atoms with Crippen molar-refractivity contribution in [1.82, 2.24) is 0 Å². The number of hydrogen-bond donors (Lipinski definition) is 1. The Hall–Kier alpha value is -1.31. The van der Waals surface area contributed by atoms with E-state index in [-0.39, 0.29) is 5.91 Å². The normalized spacial score (nSPS) is 11.4. The van der Waals surface area contributed by atoms with Gasteiger partial charge in [0.25, 0.3) is 0 Å². The predicted molar refractivity (Wildman–Crippen MR) is 57.9 cm³/mol. The third-order valence-electron chi connectivity index (χ3n) is 2.43. The van der Waals surface area contributed by atoms with Crippen molar-refractivity contribution in [1.29, 1.82) is 0 Å². The molecule has 0 aliphatic rings. The molecule has 0 atom stereocenters. The third kappa shape index (κ3) is 2.59. The number of nitrogens with two attached hydrogens (primary N) is 1. The summed E-state index contributed by atoms with van der Waals surface area (Å²) in [4.78, 5) is 11.1. The van der Waals surface area contributed by atoms with Crippen molar-refractivity contribution in [3.05, 3.63) is 35.4 Å². The zero-order valence-corrected chi connectivity index (χ0v) is 9.00. The van der Waals surface area contributed by atoms with Crippen LogP contribution in [0.25, 0.3) is 0 Å². The number of amides is 1. The predicted octanol–water partition coefficient (Wildman–Crippen LogP) is 2.05. The van der Waals surface area contributed by atoms with Crippen molar-refractivity contribution in [3.8, 4) is 0 Å². The maximum Gasteiger partial charge on any atom is 0.223 e. The Morgan fingerprint density at radius 2 is 1.79 bits per heavy atom. The first kappa shape index (κ1) is 10.8. The van der Waals surface area contributed by atoms with Gasteiger partial charge >= 0.3 is 0 Å². The molecule has 0 heterocycles. The maximum absolute atomic E-state index is 11.1. The third-order valence-corrected chi connectivity index (χ3v) is 2.43. The summed E-state index contributed by atoms with van der Waals surface area (Å²) < 4.78 is 0. The molecular formula is C12H17NO. The minimum absolute atomic E-state index is 0.252. The number of aryl methyl sites for hydroxylation is 1. The van der Waals surface area contributed by atoms with E-state index in [0.717, 1.165) is 5.56 Å². The summed E-state index contributed by atoms with van der Waals surface area (Å²) in [5.41, 5.74) is 7.23. The topological polar surface area (TPSA) is 43.1 Å². The molecule has 1 aromatic carbocycles. The van der Waals surface area contributed by atoms with Gasteiger partial charge in [0, 0.05) is 5.41 Å². The first-order valence-electron chi connectivity index (χ1n) is 4.77. The average Bonchev–Trinajstić information content (AvgIpc) is 2.08. The zero-order valence-electron chi connectivity index (χ0n) is 9.00. The summed E-state index contributed by atoms with van der Waals surface area (Å²) in [6.07, 6.45) is 0.697. The maximum atomic E-state index is 11.1. The van der Waals surface area contributed by atoms with Crippen LogP contribution in [-0.2, 0) is 11.2 Å². The standard InChI is InChI=1S/C12H17NO/c1-9-4-6-10(7-5-9)8-12(2,3)11(13)14/h4-7H,8H2,1-3H3,(H2,13,14). The van der Waals surface area contributed by atoms with Gasteiger partial charge in [-0.15, -0.1) is 0 Å². The van der Waals surface area contributed by atoms with E-state index in [2.05, 4.69) is 0 Å². The number of primary amides is 1. The van der Waals surface area contributed by atoms with E-state index in [1.54, 1.807) is 0 Å². The highest BCUT2D eigenvalue weighted by Crippen LogP contribution is 2.21. The van der Waals surface area contributed by atoms with Gasteiger partial charge in [0.2, 0.25) is 5.91 Å². The molecule has 0 aliphatic heterocycles. The van der Waals surface area contributed by atoms with Gasteiger partial charge in [-0.1, -0.05) is 43.7 Å². The smallest absolute Gasteiger partial charge is 0.223 e. The Kier molecular flexibility index (Phi) is 2.94. The molecule has 2 N–H and O–H groups in total. The minimum atomic E-state index is -0.463. The SMILES string of the molecule is Cc1ccc(CC(C)(C)C(N)=O)cc1. The van der Waals surface area contributed by atoms with Gasteiger partial charge in [-0.3, -0.25) is 4.79 Å². The summed E-state index contributed by atoms with van der Waals surface area (Å²) in [5.74, 6) is -0.252. The number of benzene rings is 1. The Morgan fingerprint density at radius 1 is 1.29 bits per heavy atom. The van der Waals surface area contributed by atoms with Crippen molar-refractivity contribution >= 4 is 5.91 Å². The molecule has 0 saturated carbocycles. The molecule has 0 radical (unpaired) electrons. The van der Waals surface area contributed by atoms with Crippen LogP contribution in [-0.4, -0.2) is 5.91 Å². The molecule has 2 nitrogen and oxygen atoms in total. The Bertz CT molecular complexity index is 325. The second-order valence-electron chi connectivity index (χ2n) is 4.41. The summed E-state index contributed by atoms with van der Waals surface area (Å²) in [5, 5.41) is 0. The molecule has 0 fully saturated rings. The molecular weight excluding hydrogens is 174 g/mol. The van der Waals surface area contributed by atoms with Gasteiger partial charge in [-0.25, -0.2) is 0 Å². The molecule has 1 aromatic rings. The summed E-state index contributed by atoms with van der Waals surface area (Å²) >= 11 is 0. The van der Waals surface area contributed by atoms with Gasteiger partial charge in [-0.2, -0.15) is 0 Å². The molecule has 0 aliphatic carbocycles. The summed E-state index contributed by atoms with van der Waals surface area (Å²) in [6.45, 7) is 5.79. The first-order chi connectivity index (χ1) is 6.42. The van der Waals surface area contributed by atoms with Crippen molar-refractivity contribution in [2.24, 2.45) is 11.1 Å².